The number of nitrogens with zero attached hydrogens (tertiary/aromatic N) is 2. The molecule has 0 spiro atoms. The number of rotatable bonds is 3. The molecule has 0 unspecified atom stereocenters. The second-order valence-corrected chi connectivity index (χ2v) is 6.24. The first-order valence-electron chi connectivity index (χ1n) is 8.72. The van der Waals surface area contributed by atoms with E-state index in [4.69, 9.17) is 0 Å². The van der Waals surface area contributed by atoms with E-state index < -0.39 is 0 Å². The minimum Gasteiger partial charge on any atom is -0.344 e. The molecule has 2 nitrogen and oxygen atoms in total. The van der Waals surface area contributed by atoms with Gasteiger partial charge in [0.05, 0.1) is 5.69 Å². The molecule has 0 saturated heterocycles. The van der Waals surface area contributed by atoms with Crippen molar-refractivity contribution >= 4 is 34.4 Å². The summed E-state index contributed by atoms with van der Waals surface area (Å²) in [5.74, 6) is 0. The summed E-state index contributed by atoms with van der Waals surface area (Å²) in [6.07, 6.45) is 12.2. The van der Waals surface area contributed by atoms with E-state index in [1.807, 2.05) is 30.5 Å². The Bertz CT molecular complexity index is 1050. The van der Waals surface area contributed by atoms with Gasteiger partial charge in [0.2, 0.25) is 0 Å². The Hall–Kier alpha value is -3.39. The van der Waals surface area contributed by atoms with Crippen LogP contribution in [0.15, 0.2) is 102 Å². The smallest absolute Gasteiger partial charge is 0.0636 e. The molecule has 0 aromatic heterocycles. The molecule has 3 aromatic carbocycles. The highest BCUT2D eigenvalue weighted by Crippen LogP contribution is 2.29. The van der Waals surface area contributed by atoms with Crippen LogP contribution in [0.1, 0.15) is 5.56 Å². The first kappa shape index (κ1) is 16.1. The van der Waals surface area contributed by atoms with Crippen LogP contribution in [-0.4, -0.2) is 13.3 Å². The lowest BCUT2D eigenvalue weighted by atomic mass is 10.1. The average Bonchev–Trinajstić information content (AvgIpc) is 2.69. The normalized spacial score (nSPS) is 15.4. The third kappa shape index (κ3) is 3.35. The Morgan fingerprint density at radius 2 is 1.62 bits per heavy atom. The van der Waals surface area contributed by atoms with Gasteiger partial charge in [0.25, 0.3) is 0 Å². The summed E-state index contributed by atoms with van der Waals surface area (Å²) in [5, 5.41) is 2.44. The van der Waals surface area contributed by atoms with E-state index in [2.05, 4.69) is 89.8 Å². The highest BCUT2D eigenvalue weighted by molar-refractivity contribution is 5.86. The molecule has 0 atom stereocenters. The fourth-order valence-corrected chi connectivity index (χ4v) is 3.12. The van der Waals surface area contributed by atoms with Gasteiger partial charge in [-0.05, 0) is 52.8 Å². The molecule has 0 N–H and O–H groups in total. The molecule has 3 aromatic rings. The highest BCUT2D eigenvalue weighted by Gasteiger charge is 2.11. The number of allylic oxidation sites excluding steroid dienone is 4. The number of benzene rings is 3. The Kier molecular flexibility index (Phi) is 4.48. The van der Waals surface area contributed by atoms with Gasteiger partial charge in [-0.2, -0.15) is 0 Å². The third-order valence-corrected chi connectivity index (χ3v) is 4.54. The van der Waals surface area contributed by atoms with Gasteiger partial charge in [-0.1, -0.05) is 60.7 Å². The molecule has 0 bridgehead atoms. The van der Waals surface area contributed by atoms with E-state index in [1.165, 1.54) is 22.0 Å². The number of hydrogen-bond acceptors (Lipinski definition) is 2. The summed E-state index contributed by atoms with van der Waals surface area (Å²) in [7, 11) is 2.09. The third-order valence-electron chi connectivity index (χ3n) is 4.54. The monoisotopic (exact) mass is 336 g/mol. The van der Waals surface area contributed by atoms with Gasteiger partial charge in [0.15, 0.2) is 0 Å². The minimum absolute atomic E-state index is 0.963. The predicted molar refractivity (Wildman–Crippen MR) is 113 cm³/mol. The van der Waals surface area contributed by atoms with Gasteiger partial charge < -0.3 is 4.90 Å². The second-order valence-electron chi connectivity index (χ2n) is 6.24. The van der Waals surface area contributed by atoms with E-state index in [0.29, 0.717) is 0 Å². The van der Waals surface area contributed by atoms with Crippen molar-refractivity contribution < 1.29 is 0 Å². The molecule has 0 aliphatic carbocycles. The molecule has 2 heteroatoms. The minimum atomic E-state index is 0.963. The van der Waals surface area contributed by atoms with E-state index in [9.17, 15) is 0 Å². The van der Waals surface area contributed by atoms with Crippen molar-refractivity contribution in [1.29, 1.82) is 0 Å². The largest absolute Gasteiger partial charge is 0.344 e. The number of fused-ring (bicyclic) bond motifs is 2. The van der Waals surface area contributed by atoms with E-state index in [1.54, 1.807) is 0 Å². The summed E-state index contributed by atoms with van der Waals surface area (Å²) < 4.78 is 0. The SMILES string of the molecule is CN1/C(=C/C=C\C=Nc2ccc3ccccc3c2)C=Cc2ccccc21. The average molecular weight is 336 g/mol. The van der Waals surface area contributed by atoms with Crippen LogP contribution in [0.5, 0.6) is 0 Å². The molecule has 0 fully saturated rings. The van der Waals surface area contributed by atoms with Crippen LogP contribution in [-0.2, 0) is 0 Å². The molecule has 1 aliphatic rings. The Labute approximate surface area is 154 Å². The number of anilines is 1. The lowest BCUT2D eigenvalue weighted by Gasteiger charge is -2.25. The lowest BCUT2D eigenvalue weighted by Crippen LogP contribution is -2.18. The van der Waals surface area contributed by atoms with Gasteiger partial charge >= 0.3 is 0 Å². The Balaban J connectivity index is 1.47. The number of likely N-dealkylation sites (N-methyl/N-ethyl adjacent to an activating group) is 1. The van der Waals surface area contributed by atoms with Crippen LogP contribution < -0.4 is 4.90 Å². The molecular weight excluding hydrogens is 316 g/mol. The summed E-state index contributed by atoms with van der Waals surface area (Å²) in [4.78, 5) is 6.72. The summed E-state index contributed by atoms with van der Waals surface area (Å²) in [6.45, 7) is 0. The quantitative estimate of drug-likeness (QED) is 0.524. The van der Waals surface area contributed by atoms with Crippen molar-refractivity contribution in [2.75, 3.05) is 11.9 Å². The van der Waals surface area contributed by atoms with Crippen molar-refractivity contribution in [3.8, 4) is 0 Å². The van der Waals surface area contributed by atoms with Gasteiger partial charge in [0, 0.05) is 24.6 Å². The molecule has 26 heavy (non-hydrogen) atoms. The fraction of sp³-hybridized carbons (Fsp3) is 0.0417. The molecule has 0 radical (unpaired) electrons. The maximum atomic E-state index is 4.52. The zero-order valence-corrected chi connectivity index (χ0v) is 14.7. The summed E-state index contributed by atoms with van der Waals surface area (Å²) >= 11 is 0. The topological polar surface area (TPSA) is 15.6 Å². The lowest BCUT2D eigenvalue weighted by molar-refractivity contribution is 1.12. The van der Waals surface area contributed by atoms with Gasteiger partial charge in [-0.3, -0.25) is 4.99 Å². The second kappa shape index (κ2) is 7.24. The van der Waals surface area contributed by atoms with Crippen LogP contribution in [0.3, 0.4) is 0 Å². The highest BCUT2D eigenvalue weighted by atomic mass is 15.1. The van der Waals surface area contributed by atoms with Crippen molar-refractivity contribution in [1.82, 2.24) is 0 Å². The molecule has 0 saturated carbocycles. The number of hydrogen-bond donors (Lipinski definition) is 0. The maximum absolute atomic E-state index is 4.52. The predicted octanol–water partition coefficient (Wildman–Crippen LogP) is 6.15. The Morgan fingerprint density at radius 3 is 2.54 bits per heavy atom. The zero-order valence-electron chi connectivity index (χ0n) is 14.7. The van der Waals surface area contributed by atoms with Crippen molar-refractivity contribution in [3.63, 3.8) is 0 Å². The molecule has 1 aliphatic heterocycles. The first-order valence-corrected chi connectivity index (χ1v) is 8.72. The number of aliphatic imine (C=N–C) groups is 1. The van der Waals surface area contributed by atoms with Crippen molar-refractivity contribution in [2.45, 2.75) is 0 Å². The van der Waals surface area contributed by atoms with Crippen molar-refractivity contribution in [2.24, 2.45) is 4.99 Å². The van der Waals surface area contributed by atoms with Crippen LogP contribution in [0.4, 0.5) is 11.4 Å². The van der Waals surface area contributed by atoms with Crippen molar-refractivity contribution in [3.05, 3.63) is 102 Å². The van der Waals surface area contributed by atoms with E-state index >= 15 is 0 Å². The standard InChI is InChI=1S/C24H20N2/c1-26-23(16-14-20-9-4-5-12-24(20)26)11-6-7-17-25-22-15-13-19-8-2-3-10-21(19)18-22/h2-18H,1H3/b7-6-,23-11+,25-17?. The fourth-order valence-electron chi connectivity index (χ4n) is 3.12. The van der Waals surface area contributed by atoms with E-state index in [0.717, 1.165) is 11.4 Å². The van der Waals surface area contributed by atoms with Gasteiger partial charge in [0.1, 0.15) is 0 Å². The Morgan fingerprint density at radius 1 is 0.808 bits per heavy atom. The van der Waals surface area contributed by atoms with Crippen LogP contribution in [0.2, 0.25) is 0 Å². The van der Waals surface area contributed by atoms with Gasteiger partial charge in [-0.15, -0.1) is 0 Å². The molecular formula is C24H20N2. The molecule has 4 rings (SSSR count). The number of para-hydroxylation sites is 1. The zero-order chi connectivity index (χ0) is 17.8. The van der Waals surface area contributed by atoms with Crippen LogP contribution in [0.25, 0.3) is 16.8 Å². The van der Waals surface area contributed by atoms with Crippen LogP contribution >= 0.6 is 0 Å². The molecule has 0 amide bonds. The molecule has 1 heterocycles. The van der Waals surface area contributed by atoms with Gasteiger partial charge in [-0.25, -0.2) is 0 Å². The maximum Gasteiger partial charge on any atom is 0.0636 e. The van der Waals surface area contributed by atoms with E-state index in [-0.39, 0.29) is 0 Å². The molecule has 126 valence electrons. The summed E-state index contributed by atoms with van der Waals surface area (Å²) in [6, 6.07) is 23.0. The van der Waals surface area contributed by atoms with Crippen LogP contribution in [0, 0.1) is 0 Å². The summed E-state index contributed by atoms with van der Waals surface area (Å²) in [5.41, 5.74) is 4.58. The first-order chi connectivity index (χ1) is 12.8.